The molecule has 0 spiro atoms. The number of hydrogen-bond acceptors (Lipinski definition) is 3. The van der Waals surface area contributed by atoms with E-state index in [1.165, 1.54) is 4.90 Å². The normalized spacial score (nSPS) is 23.1. The lowest BCUT2D eigenvalue weighted by molar-refractivity contribution is -0.137. The number of hydrogen-bond donors (Lipinski definition) is 1. The molecule has 3 rings (SSSR count). The fourth-order valence-corrected chi connectivity index (χ4v) is 3.73. The predicted octanol–water partition coefficient (Wildman–Crippen LogP) is 1.16. The summed E-state index contributed by atoms with van der Waals surface area (Å²) >= 11 is 0. The average molecular weight is 329 g/mol. The number of Topliss-reactive ketones (excluding diaryl/α,β-unsaturated/α-hetero) is 1. The van der Waals surface area contributed by atoms with Crippen molar-refractivity contribution in [3.05, 3.63) is 35.9 Å². The Morgan fingerprint density at radius 2 is 1.79 bits per heavy atom. The van der Waals surface area contributed by atoms with E-state index < -0.39 is 11.5 Å². The molecule has 1 aromatic rings. The summed E-state index contributed by atoms with van der Waals surface area (Å²) in [5.41, 5.74) is 0.520. The monoisotopic (exact) mass is 329 g/mol. The van der Waals surface area contributed by atoms with Gasteiger partial charge in [0.05, 0.1) is 12.0 Å². The summed E-state index contributed by atoms with van der Waals surface area (Å²) in [7, 11) is 1.68. The number of rotatable bonds is 3. The van der Waals surface area contributed by atoms with Crippen molar-refractivity contribution >= 4 is 17.7 Å². The molecule has 3 amide bonds. The van der Waals surface area contributed by atoms with Crippen molar-refractivity contribution in [2.75, 3.05) is 26.7 Å². The Labute approximate surface area is 141 Å². The lowest BCUT2D eigenvalue weighted by Crippen LogP contribution is -2.53. The van der Waals surface area contributed by atoms with Crippen LogP contribution in [-0.2, 0) is 15.0 Å². The van der Waals surface area contributed by atoms with Crippen LogP contribution in [0.25, 0.3) is 0 Å². The van der Waals surface area contributed by atoms with Crippen LogP contribution in [0.2, 0.25) is 0 Å². The molecule has 1 atom stereocenters. The zero-order valence-corrected chi connectivity index (χ0v) is 14.1. The van der Waals surface area contributed by atoms with E-state index in [2.05, 4.69) is 5.32 Å². The summed E-state index contributed by atoms with van der Waals surface area (Å²) in [4.78, 5) is 39.8. The lowest BCUT2D eigenvalue weighted by atomic mass is 9.70. The van der Waals surface area contributed by atoms with Crippen LogP contribution >= 0.6 is 0 Å². The van der Waals surface area contributed by atoms with Crippen LogP contribution in [0, 0.1) is 0 Å². The zero-order chi connectivity index (χ0) is 17.3. The summed E-state index contributed by atoms with van der Waals surface area (Å²) < 4.78 is 0. The zero-order valence-electron chi connectivity index (χ0n) is 14.1. The van der Waals surface area contributed by atoms with E-state index in [9.17, 15) is 14.4 Å². The van der Waals surface area contributed by atoms with Crippen LogP contribution in [-0.4, -0.2) is 60.2 Å². The van der Waals surface area contributed by atoms with Crippen molar-refractivity contribution in [2.24, 2.45) is 0 Å². The number of urea groups is 1. The van der Waals surface area contributed by atoms with Crippen molar-refractivity contribution in [1.82, 2.24) is 15.1 Å². The quantitative estimate of drug-likeness (QED) is 0.905. The van der Waals surface area contributed by atoms with Gasteiger partial charge >= 0.3 is 6.03 Å². The van der Waals surface area contributed by atoms with Crippen LogP contribution in [0.1, 0.15) is 25.3 Å². The van der Waals surface area contributed by atoms with E-state index >= 15 is 0 Å². The molecule has 128 valence electrons. The van der Waals surface area contributed by atoms with Gasteiger partial charge in [-0.2, -0.15) is 0 Å². The molecule has 0 unspecified atom stereocenters. The number of carbonyl (C=O) groups is 3. The van der Waals surface area contributed by atoms with Gasteiger partial charge in [0.1, 0.15) is 11.8 Å². The minimum Gasteiger partial charge on any atom is -0.341 e. The Bertz CT molecular complexity index is 651. The predicted molar refractivity (Wildman–Crippen MR) is 89.6 cm³/mol. The topological polar surface area (TPSA) is 69.7 Å². The summed E-state index contributed by atoms with van der Waals surface area (Å²) in [6.45, 7) is 3.09. The lowest BCUT2D eigenvalue weighted by Gasteiger charge is -2.41. The fourth-order valence-electron chi connectivity index (χ4n) is 3.73. The Morgan fingerprint density at radius 1 is 1.17 bits per heavy atom. The highest BCUT2D eigenvalue weighted by Crippen LogP contribution is 2.36. The Hall–Kier alpha value is -2.37. The van der Waals surface area contributed by atoms with Gasteiger partial charge in [0.2, 0.25) is 5.91 Å². The van der Waals surface area contributed by atoms with Gasteiger partial charge in [-0.25, -0.2) is 4.79 Å². The van der Waals surface area contributed by atoms with Crippen molar-refractivity contribution in [3.8, 4) is 0 Å². The summed E-state index contributed by atoms with van der Waals surface area (Å²) in [5, 5.41) is 2.70. The van der Waals surface area contributed by atoms with Gasteiger partial charge in [-0.05, 0) is 25.3 Å². The summed E-state index contributed by atoms with van der Waals surface area (Å²) in [5.74, 6) is 0.0904. The molecule has 2 aliphatic heterocycles. The van der Waals surface area contributed by atoms with E-state index in [0.29, 0.717) is 32.5 Å². The second kappa shape index (κ2) is 6.26. The van der Waals surface area contributed by atoms with E-state index in [0.717, 1.165) is 5.56 Å². The number of amides is 3. The number of nitrogens with one attached hydrogen (secondary N) is 1. The molecule has 6 heteroatoms. The molecule has 0 radical (unpaired) electrons. The first-order valence-corrected chi connectivity index (χ1v) is 8.31. The number of piperidine rings is 1. The molecule has 0 bridgehead atoms. The first-order valence-electron chi connectivity index (χ1n) is 8.31. The second-order valence-corrected chi connectivity index (χ2v) is 6.71. The van der Waals surface area contributed by atoms with Gasteiger partial charge < -0.3 is 15.1 Å². The molecule has 0 saturated carbocycles. The third-order valence-electron chi connectivity index (χ3n) is 5.33. The Balaban J connectivity index is 1.71. The van der Waals surface area contributed by atoms with Crippen LogP contribution in [0.4, 0.5) is 4.79 Å². The van der Waals surface area contributed by atoms with Crippen LogP contribution in [0.5, 0.6) is 0 Å². The number of nitrogens with zero attached hydrogens (tertiary/aromatic N) is 2. The maximum Gasteiger partial charge on any atom is 0.317 e. The summed E-state index contributed by atoms with van der Waals surface area (Å²) in [6, 6.07) is 9.12. The highest BCUT2D eigenvalue weighted by Gasteiger charge is 2.43. The molecule has 6 nitrogen and oxygen atoms in total. The highest BCUT2D eigenvalue weighted by molar-refractivity contribution is 5.91. The molecule has 2 fully saturated rings. The molecule has 0 aromatic heterocycles. The molecule has 1 aromatic carbocycles. The number of likely N-dealkylation sites (N-methyl/N-ethyl adjacent to an activating group) is 1. The van der Waals surface area contributed by atoms with Crippen LogP contribution in [0.15, 0.2) is 30.3 Å². The molecule has 2 heterocycles. The molecule has 24 heavy (non-hydrogen) atoms. The maximum absolute atomic E-state index is 12.6. The van der Waals surface area contributed by atoms with Gasteiger partial charge in [-0.15, -0.1) is 0 Å². The maximum atomic E-state index is 12.6. The van der Waals surface area contributed by atoms with Crippen LogP contribution < -0.4 is 5.32 Å². The van der Waals surface area contributed by atoms with E-state index in [-0.39, 0.29) is 17.7 Å². The van der Waals surface area contributed by atoms with Crippen LogP contribution in [0.3, 0.4) is 0 Å². The Morgan fingerprint density at radius 3 is 2.29 bits per heavy atom. The fraction of sp³-hybridized carbons (Fsp3) is 0.500. The highest BCUT2D eigenvalue weighted by atomic mass is 16.2. The number of ketones is 1. The molecule has 1 N–H and O–H groups in total. The minimum atomic E-state index is -0.506. The largest absolute Gasteiger partial charge is 0.341 e. The molecular formula is C18H23N3O3. The SMILES string of the molecule is CC(=O)C1(c2ccccc2)CCN(C(=O)[C@@H]2CN(C)C(=O)N2)CC1. The van der Waals surface area contributed by atoms with Gasteiger partial charge in [0, 0.05) is 20.1 Å². The first kappa shape index (κ1) is 16.5. The Kier molecular flexibility index (Phi) is 4.30. The first-order chi connectivity index (χ1) is 11.4. The standard InChI is InChI=1S/C18H23N3O3/c1-13(22)18(14-6-4-3-5-7-14)8-10-21(11-9-18)16(23)15-12-20(2)17(24)19-15/h3-7,15H,8-12H2,1-2H3,(H,19,24)/t15-/m0/s1. The van der Waals surface area contributed by atoms with Gasteiger partial charge in [-0.1, -0.05) is 30.3 Å². The van der Waals surface area contributed by atoms with Crippen molar-refractivity contribution in [3.63, 3.8) is 0 Å². The number of benzene rings is 1. The van der Waals surface area contributed by atoms with Crippen molar-refractivity contribution in [2.45, 2.75) is 31.2 Å². The van der Waals surface area contributed by atoms with Gasteiger partial charge in [0.25, 0.3) is 0 Å². The van der Waals surface area contributed by atoms with Gasteiger partial charge in [-0.3, -0.25) is 9.59 Å². The number of carbonyl (C=O) groups excluding carboxylic acids is 3. The summed E-state index contributed by atoms with van der Waals surface area (Å²) in [6.07, 6.45) is 1.24. The average Bonchev–Trinajstić information content (AvgIpc) is 2.94. The number of likely N-dealkylation sites (tertiary alicyclic amines) is 1. The van der Waals surface area contributed by atoms with Crippen molar-refractivity contribution < 1.29 is 14.4 Å². The van der Waals surface area contributed by atoms with E-state index in [4.69, 9.17) is 0 Å². The smallest absolute Gasteiger partial charge is 0.317 e. The van der Waals surface area contributed by atoms with E-state index in [1.807, 2.05) is 30.3 Å². The second-order valence-electron chi connectivity index (χ2n) is 6.71. The van der Waals surface area contributed by atoms with Crippen molar-refractivity contribution in [1.29, 1.82) is 0 Å². The third kappa shape index (κ3) is 2.77. The molecule has 2 aliphatic rings. The van der Waals surface area contributed by atoms with E-state index in [1.54, 1.807) is 18.9 Å². The third-order valence-corrected chi connectivity index (χ3v) is 5.33. The molecular weight excluding hydrogens is 306 g/mol. The van der Waals surface area contributed by atoms with Gasteiger partial charge in [0.15, 0.2) is 0 Å². The molecule has 2 saturated heterocycles. The minimum absolute atomic E-state index is 0.0575. The molecule has 0 aliphatic carbocycles.